The molecule has 0 aromatic carbocycles. The van der Waals surface area contributed by atoms with Crippen molar-refractivity contribution in [2.45, 2.75) is 32.1 Å². The summed E-state index contributed by atoms with van der Waals surface area (Å²) in [5.74, 6) is 0.163. The van der Waals surface area contributed by atoms with Crippen LogP contribution in [0.25, 0.3) is 0 Å². The summed E-state index contributed by atoms with van der Waals surface area (Å²) < 4.78 is 26.4. The highest BCUT2D eigenvalue weighted by Crippen LogP contribution is 2.19. The second-order valence-corrected chi connectivity index (χ2v) is 6.86. The molecule has 0 fully saturated rings. The second-order valence-electron chi connectivity index (χ2n) is 4.35. The third kappa shape index (κ3) is 4.44. The predicted molar refractivity (Wildman–Crippen MR) is 74.4 cm³/mol. The molecule has 0 amide bonds. The first-order chi connectivity index (χ1) is 8.33. The summed E-state index contributed by atoms with van der Waals surface area (Å²) in [7, 11) is -3.49. The largest absolute Gasteiger partial charge is 0.313 e. The van der Waals surface area contributed by atoms with Gasteiger partial charge in [-0.15, -0.1) is 0 Å². The zero-order valence-electron chi connectivity index (χ0n) is 10.6. The zero-order chi connectivity index (χ0) is 13.8. The first-order valence-electron chi connectivity index (χ1n) is 5.68. The van der Waals surface area contributed by atoms with Crippen molar-refractivity contribution in [2.24, 2.45) is 0 Å². The van der Waals surface area contributed by atoms with Crippen molar-refractivity contribution in [3.63, 3.8) is 0 Å². The van der Waals surface area contributed by atoms with Gasteiger partial charge in [-0.1, -0.05) is 25.4 Å². The van der Waals surface area contributed by atoms with Gasteiger partial charge in [0.1, 0.15) is 0 Å². The number of hydrogen-bond acceptors (Lipinski definition) is 4. The maximum absolute atomic E-state index is 12.0. The smallest absolute Gasteiger partial charge is 0.237 e. The molecule has 0 saturated heterocycles. The number of sulfonamides is 1. The van der Waals surface area contributed by atoms with E-state index in [1.54, 1.807) is 19.1 Å². The van der Waals surface area contributed by atoms with E-state index in [9.17, 15) is 8.42 Å². The van der Waals surface area contributed by atoms with Gasteiger partial charge in [-0.05, 0) is 19.1 Å². The lowest BCUT2D eigenvalue weighted by Crippen LogP contribution is -2.37. The maximum Gasteiger partial charge on any atom is 0.237 e. The Balaban J connectivity index is 2.73. The number of nitrogens with zero attached hydrogens (tertiary/aromatic N) is 1. The summed E-state index contributed by atoms with van der Waals surface area (Å²) in [6.07, 6.45) is 1.49. The van der Waals surface area contributed by atoms with Gasteiger partial charge >= 0.3 is 0 Å². The van der Waals surface area contributed by atoms with Gasteiger partial charge in [-0.3, -0.25) is 4.72 Å². The predicted octanol–water partition coefficient (Wildman–Crippen LogP) is 1.86. The van der Waals surface area contributed by atoms with E-state index < -0.39 is 15.3 Å². The van der Waals surface area contributed by atoms with Crippen molar-refractivity contribution in [1.82, 2.24) is 10.3 Å². The fourth-order valence-electron chi connectivity index (χ4n) is 1.21. The van der Waals surface area contributed by atoms with E-state index in [0.717, 1.165) is 0 Å². The number of rotatable bonds is 6. The van der Waals surface area contributed by atoms with Gasteiger partial charge in [0.25, 0.3) is 0 Å². The summed E-state index contributed by atoms with van der Waals surface area (Å²) in [4.78, 5) is 3.90. The van der Waals surface area contributed by atoms with Crippen LogP contribution in [0.1, 0.15) is 20.8 Å². The number of halogens is 1. The normalized spacial score (nSPS) is 13.6. The number of aromatic nitrogens is 1. The molecule has 102 valence electrons. The van der Waals surface area contributed by atoms with Gasteiger partial charge < -0.3 is 5.32 Å². The Morgan fingerprint density at radius 3 is 2.61 bits per heavy atom. The standard InChI is InChI=1S/C11H18ClN3O2S/c1-8(2)14-7-9(3)18(16,17)15-11-10(12)5-4-6-13-11/h4-6,8-9,14H,7H2,1-3H3,(H,13,15). The van der Waals surface area contributed by atoms with Crippen LogP contribution in [0.3, 0.4) is 0 Å². The van der Waals surface area contributed by atoms with Crippen LogP contribution in [0, 0.1) is 0 Å². The van der Waals surface area contributed by atoms with Crippen molar-refractivity contribution in [3.8, 4) is 0 Å². The minimum Gasteiger partial charge on any atom is -0.313 e. The van der Waals surface area contributed by atoms with Crippen LogP contribution < -0.4 is 10.0 Å². The third-order valence-corrected chi connectivity index (χ3v) is 4.35. The molecule has 1 aromatic heterocycles. The molecule has 1 heterocycles. The Morgan fingerprint density at radius 1 is 1.39 bits per heavy atom. The molecule has 18 heavy (non-hydrogen) atoms. The highest BCUT2D eigenvalue weighted by atomic mass is 35.5. The Bertz CT molecular complexity index is 491. The molecule has 0 bridgehead atoms. The lowest BCUT2D eigenvalue weighted by Gasteiger charge is -2.16. The lowest BCUT2D eigenvalue weighted by molar-refractivity contribution is 0.553. The van der Waals surface area contributed by atoms with Crippen molar-refractivity contribution in [2.75, 3.05) is 11.3 Å². The molecule has 0 saturated carbocycles. The summed E-state index contributed by atoms with van der Waals surface area (Å²) in [5, 5.41) is 2.79. The average molecular weight is 292 g/mol. The quantitative estimate of drug-likeness (QED) is 0.839. The molecule has 0 aliphatic carbocycles. The number of hydrogen-bond donors (Lipinski definition) is 2. The molecule has 0 aliphatic heterocycles. The first-order valence-corrected chi connectivity index (χ1v) is 7.61. The zero-order valence-corrected chi connectivity index (χ0v) is 12.2. The number of nitrogens with one attached hydrogen (secondary N) is 2. The molecule has 0 radical (unpaired) electrons. The van der Waals surface area contributed by atoms with E-state index in [1.807, 2.05) is 13.8 Å². The molecule has 7 heteroatoms. The molecular weight excluding hydrogens is 274 g/mol. The highest BCUT2D eigenvalue weighted by molar-refractivity contribution is 7.93. The average Bonchev–Trinajstić information content (AvgIpc) is 2.28. The molecule has 0 spiro atoms. The third-order valence-electron chi connectivity index (χ3n) is 2.34. The Morgan fingerprint density at radius 2 is 2.06 bits per heavy atom. The summed E-state index contributed by atoms with van der Waals surface area (Å²) in [5.41, 5.74) is 0. The van der Waals surface area contributed by atoms with Crippen molar-refractivity contribution in [1.29, 1.82) is 0 Å². The molecule has 2 N–H and O–H groups in total. The van der Waals surface area contributed by atoms with E-state index >= 15 is 0 Å². The van der Waals surface area contributed by atoms with E-state index in [4.69, 9.17) is 11.6 Å². The topological polar surface area (TPSA) is 71.1 Å². The van der Waals surface area contributed by atoms with Gasteiger partial charge in [-0.2, -0.15) is 0 Å². The molecule has 0 aliphatic rings. The van der Waals surface area contributed by atoms with Crippen molar-refractivity contribution < 1.29 is 8.42 Å². The lowest BCUT2D eigenvalue weighted by atomic mass is 10.3. The number of anilines is 1. The van der Waals surface area contributed by atoms with Crippen LogP contribution in [-0.2, 0) is 10.0 Å². The molecule has 5 nitrogen and oxygen atoms in total. The Hall–Kier alpha value is -0.850. The fourth-order valence-corrected chi connectivity index (χ4v) is 2.38. The van der Waals surface area contributed by atoms with Crippen LogP contribution in [0.5, 0.6) is 0 Å². The summed E-state index contributed by atoms with van der Waals surface area (Å²) >= 11 is 5.86. The van der Waals surface area contributed by atoms with Crippen LogP contribution in [0.15, 0.2) is 18.3 Å². The molecule has 1 unspecified atom stereocenters. The molecular formula is C11H18ClN3O2S. The first kappa shape index (κ1) is 15.2. The van der Waals surface area contributed by atoms with Gasteiger partial charge in [0.05, 0.1) is 10.3 Å². The minimum absolute atomic E-state index is 0.163. The van der Waals surface area contributed by atoms with E-state index in [2.05, 4.69) is 15.0 Å². The van der Waals surface area contributed by atoms with Gasteiger partial charge in [-0.25, -0.2) is 13.4 Å². The van der Waals surface area contributed by atoms with Crippen LogP contribution in [0.2, 0.25) is 5.02 Å². The monoisotopic (exact) mass is 291 g/mol. The highest BCUT2D eigenvalue weighted by Gasteiger charge is 2.22. The van der Waals surface area contributed by atoms with Gasteiger partial charge in [0.2, 0.25) is 10.0 Å². The maximum atomic E-state index is 12.0. The SMILES string of the molecule is CC(C)NCC(C)S(=O)(=O)Nc1ncccc1Cl. The van der Waals surface area contributed by atoms with E-state index in [-0.39, 0.29) is 16.9 Å². The van der Waals surface area contributed by atoms with Crippen molar-refractivity contribution >= 4 is 27.4 Å². The van der Waals surface area contributed by atoms with Gasteiger partial charge in [0.15, 0.2) is 5.82 Å². The van der Waals surface area contributed by atoms with Crippen LogP contribution in [0.4, 0.5) is 5.82 Å². The molecule has 1 atom stereocenters. The Kier molecular flexibility index (Phi) is 5.37. The minimum atomic E-state index is -3.49. The second kappa shape index (κ2) is 6.36. The van der Waals surface area contributed by atoms with Crippen molar-refractivity contribution in [3.05, 3.63) is 23.4 Å². The fraction of sp³-hybridized carbons (Fsp3) is 0.545. The van der Waals surface area contributed by atoms with E-state index in [0.29, 0.717) is 6.54 Å². The summed E-state index contributed by atoms with van der Waals surface area (Å²) in [6.45, 7) is 5.93. The van der Waals surface area contributed by atoms with Crippen LogP contribution >= 0.6 is 11.6 Å². The number of pyridine rings is 1. The van der Waals surface area contributed by atoms with Gasteiger partial charge in [0, 0.05) is 18.8 Å². The van der Waals surface area contributed by atoms with Crippen LogP contribution in [-0.4, -0.2) is 31.2 Å². The molecule has 1 aromatic rings. The Labute approximate surface area is 113 Å². The molecule has 1 rings (SSSR count). The van der Waals surface area contributed by atoms with E-state index in [1.165, 1.54) is 6.20 Å². The summed E-state index contributed by atoms with van der Waals surface area (Å²) in [6, 6.07) is 3.47.